The zero-order valence-corrected chi connectivity index (χ0v) is 18.5. The van der Waals surface area contributed by atoms with Crippen molar-refractivity contribution in [2.75, 3.05) is 5.32 Å². The lowest BCUT2D eigenvalue weighted by Gasteiger charge is -2.08. The first kappa shape index (κ1) is 23.4. The Hall–Kier alpha value is -3.73. The van der Waals surface area contributed by atoms with E-state index in [0.29, 0.717) is 35.4 Å². The van der Waals surface area contributed by atoms with Gasteiger partial charge in [-0.3, -0.25) is 14.2 Å². The Bertz CT molecular complexity index is 1350. The number of hydrogen-bond acceptors (Lipinski definition) is 6. The SMILES string of the molecule is O=C(CCCn1cnc2ccccc2c1=O)Nc1ncc(Cc2ccc(OC(F)(F)F)cc2)s1. The fourth-order valence-electron chi connectivity index (χ4n) is 3.31. The van der Waals surface area contributed by atoms with E-state index < -0.39 is 6.36 Å². The van der Waals surface area contributed by atoms with Gasteiger partial charge in [0, 0.05) is 30.5 Å². The lowest BCUT2D eigenvalue weighted by Crippen LogP contribution is -2.21. The molecule has 2 aromatic carbocycles. The Morgan fingerprint density at radius 2 is 1.85 bits per heavy atom. The van der Waals surface area contributed by atoms with Crippen molar-refractivity contribution in [1.29, 1.82) is 0 Å². The number of carbonyl (C=O) groups is 1. The molecule has 1 N–H and O–H groups in total. The quantitative estimate of drug-likeness (QED) is 0.387. The van der Waals surface area contributed by atoms with Crippen LogP contribution in [0.5, 0.6) is 5.75 Å². The lowest BCUT2D eigenvalue weighted by atomic mass is 10.1. The fraction of sp³-hybridized carbons (Fsp3) is 0.217. The standard InChI is InChI=1S/C23H19F3N4O3S/c24-23(25,26)33-16-9-7-15(8-10-16)12-17-13-27-22(34-17)29-20(31)6-3-11-30-14-28-19-5-2-1-4-18(19)21(30)32/h1-2,4-5,7-10,13-14H,3,6,11-12H2,(H,27,29,31). The predicted octanol–water partition coefficient (Wildman–Crippen LogP) is 4.76. The van der Waals surface area contributed by atoms with Crippen molar-refractivity contribution in [2.24, 2.45) is 0 Å². The minimum absolute atomic E-state index is 0.145. The summed E-state index contributed by atoms with van der Waals surface area (Å²) in [5, 5.41) is 3.70. The summed E-state index contributed by atoms with van der Waals surface area (Å²) in [7, 11) is 0. The lowest BCUT2D eigenvalue weighted by molar-refractivity contribution is -0.274. The highest BCUT2D eigenvalue weighted by molar-refractivity contribution is 7.15. The third kappa shape index (κ3) is 6.19. The topological polar surface area (TPSA) is 86.1 Å². The molecule has 0 fully saturated rings. The van der Waals surface area contributed by atoms with Crippen molar-refractivity contribution >= 4 is 33.3 Å². The second-order valence-electron chi connectivity index (χ2n) is 7.41. The number of thiazole rings is 1. The maximum Gasteiger partial charge on any atom is 0.573 e. The highest BCUT2D eigenvalue weighted by Gasteiger charge is 2.30. The Balaban J connectivity index is 1.26. The Morgan fingerprint density at radius 3 is 2.62 bits per heavy atom. The van der Waals surface area contributed by atoms with Gasteiger partial charge in [-0.2, -0.15) is 0 Å². The van der Waals surface area contributed by atoms with E-state index in [9.17, 15) is 22.8 Å². The highest BCUT2D eigenvalue weighted by Crippen LogP contribution is 2.25. The largest absolute Gasteiger partial charge is 0.573 e. The van der Waals surface area contributed by atoms with Crippen molar-refractivity contribution in [2.45, 2.75) is 32.2 Å². The molecule has 0 atom stereocenters. The molecule has 11 heteroatoms. The summed E-state index contributed by atoms with van der Waals surface area (Å²) < 4.78 is 42.1. The zero-order chi connectivity index (χ0) is 24.1. The van der Waals surface area contributed by atoms with Crippen LogP contribution in [0.3, 0.4) is 0 Å². The molecule has 1 amide bonds. The number of amides is 1. The molecule has 0 unspecified atom stereocenters. The van der Waals surface area contributed by atoms with Crippen LogP contribution in [0.25, 0.3) is 10.9 Å². The average molecular weight is 488 g/mol. The molecule has 0 radical (unpaired) electrons. The van der Waals surface area contributed by atoms with Gasteiger partial charge in [-0.05, 0) is 36.2 Å². The van der Waals surface area contributed by atoms with Gasteiger partial charge in [-0.25, -0.2) is 9.97 Å². The summed E-state index contributed by atoms with van der Waals surface area (Å²) in [5.41, 5.74) is 1.27. The van der Waals surface area contributed by atoms with Crippen LogP contribution in [0, 0.1) is 0 Å². The first-order valence-corrected chi connectivity index (χ1v) is 11.1. The van der Waals surface area contributed by atoms with Gasteiger partial charge in [0.05, 0.1) is 17.2 Å². The van der Waals surface area contributed by atoms with Gasteiger partial charge in [-0.1, -0.05) is 24.3 Å². The van der Waals surface area contributed by atoms with E-state index in [1.807, 2.05) is 6.07 Å². The van der Waals surface area contributed by atoms with Gasteiger partial charge in [0.2, 0.25) is 5.91 Å². The molecule has 0 saturated heterocycles. The number of rotatable bonds is 8. The number of nitrogens with one attached hydrogen (secondary N) is 1. The summed E-state index contributed by atoms with van der Waals surface area (Å²) in [6, 6.07) is 12.7. The molecule has 176 valence electrons. The number of carbonyl (C=O) groups excluding carboxylic acids is 1. The monoisotopic (exact) mass is 488 g/mol. The summed E-state index contributed by atoms with van der Waals surface area (Å²) >= 11 is 1.28. The van der Waals surface area contributed by atoms with E-state index in [0.717, 1.165) is 10.4 Å². The number of fused-ring (bicyclic) bond motifs is 1. The summed E-state index contributed by atoms with van der Waals surface area (Å²) in [4.78, 5) is 34.0. The van der Waals surface area contributed by atoms with E-state index in [2.05, 4.69) is 20.0 Å². The van der Waals surface area contributed by atoms with Crippen LogP contribution in [0.1, 0.15) is 23.3 Å². The normalized spacial score (nSPS) is 11.5. The maximum absolute atomic E-state index is 12.5. The second kappa shape index (κ2) is 10.0. The third-order valence-electron chi connectivity index (χ3n) is 4.87. The van der Waals surface area contributed by atoms with Crippen LogP contribution in [0.2, 0.25) is 0 Å². The van der Waals surface area contributed by atoms with Crippen LogP contribution in [0.15, 0.2) is 65.8 Å². The van der Waals surface area contributed by atoms with Crippen LogP contribution >= 0.6 is 11.3 Å². The first-order chi connectivity index (χ1) is 16.3. The van der Waals surface area contributed by atoms with Gasteiger partial charge in [0.25, 0.3) is 5.56 Å². The molecule has 4 aromatic rings. The van der Waals surface area contributed by atoms with Gasteiger partial charge in [0.1, 0.15) is 5.75 Å². The molecule has 0 bridgehead atoms. The zero-order valence-electron chi connectivity index (χ0n) is 17.7. The number of benzene rings is 2. The first-order valence-electron chi connectivity index (χ1n) is 10.3. The van der Waals surface area contributed by atoms with Crippen LogP contribution in [-0.2, 0) is 17.8 Å². The Morgan fingerprint density at radius 1 is 1.09 bits per heavy atom. The second-order valence-corrected chi connectivity index (χ2v) is 8.53. The molecule has 0 aliphatic carbocycles. The van der Waals surface area contributed by atoms with Gasteiger partial charge < -0.3 is 10.1 Å². The smallest absolute Gasteiger partial charge is 0.406 e. The van der Waals surface area contributed by atoms with Crippen LogP contribution in [0.4, 0.5) is 18.3 Å². The molecular weight excluding hydrogens is 469 g/mol. The summed E-state index contributed by atoms with van der Waals surface area (Å²) in [6.45, 7) is 0.362. The number of anilines is 1. The summed E-state index contributed by atoms with van der Waals surface area (Å²) in [5.74, 6) is -0.508. The minimum atomic E-state index is -4.73. The van der Waals surface area contributed by atoms with Crippen LogP contribution < -0.4 is 15.6 Å². The molecule has 0 aliphatic rings. The van der Waals surface area contributed by atoms with Gasteiger partial charge in [-0.15, -0.1) is 24.5 Å². The van der Waals surface area contributed by atoms with E-state index >= 15 is 0 Å². The highest BCUT2D eigenvalue weighted by atomic mass is 32.1. The van der Waals surface area contributed by atoms with E-state index in [1.54, 1.807) is 36.5 Å². The fourth-order valence-corrected chi connectivity index (χ4v) is 4.18. The molecule has 0 aliphatic heterocycles. The van der Waals surface area contributed by atoms with Crippen molar-refractivity contribution in [3.63, 3.8) is 0 Å². The Labute approximate surface area is 195 Å². The number of aromatic nitrogens is 3. The average Bonchev–Trinajstić information content (AvgIpc) is 3.22. The van der Waals surface area contributed by atoms with E-state index in [1.165, 1.54) is 34.4 Å². The van der Waals surface area contributed by atoms with Gasteiger partial charge >= 0.3 is 6.36 Å². The molecule has 4 rings (SSSR count). The molecule has 7 nitrogen and oxygen atoms in total. The number of halogens is 3. The third-order valence-corrected chi connectivity index (χ3v) is 5.78. The van der Waals surface area contributed by atoms with Crippen molar-refractivity contribution in [3.05, 3.63) is 81.8 Å². The van der Waals surface area contributed by atoms with Gasteiger partial charge in [0.15, 0.2) is 5.13 Å². The molecule has 34 heavy (non-hydrogen) atoms. The number of alkyl halides is 3. The van der Waals surface area contributed by atoms with Crippen molar-refractivity contribution in [1.82, 2.24) is 14.5 Å². The number of aryl methyl sites for hydroxylation is 1. The van der Waals surface area contributed by atoms with E-state index in [-0.39, 0.29) is 23.6 Å². The number of nitrogens with zero attached hydrogens (tertiary/aromatic N) is 3. The van der Waals surface area contributed by atoms with Crippen molar-refractivity contribution in [3.8, 4) is 5.75 Å². The minimum Gasteiger partial charge on any atom is -0.406 e. The molecule has 2 heterocycles. The molecular formula is C23H19F3N4O3S. The molecule has 0 spiro atoms. The number of ether oxygens (including phenoxy) is 1. The molecule has 0 saturated carbocycles. The van der Waals surface area contributed by atoms with E-state index in [4.69, 9.17) is 0 Å². The maximum atomic E-state index is 12.5. The predicted molar refractivity (Wildman–Crippen MR) is 122 cm³/mol. The summed E-state index contributed by atoms with van der Waals surface area (Å²) in [6.07, 6.45) is -0.518. The molecule has 2 aromatic heterocycles. The number of para-hydroxylation sites is 1. The van der Waals surface area contributed by atoms with Crippen molar-refractivity contribution < 1.29 is 22.7 Å². The number of hydrogen-bond donors (Lipinski definition) is 1. The van der Waals surface area contributed by atoms with Crippen LogP contribution in [-0.4, -0.2) is 26.8 Å². The Kier molecular flexibility index (Phi) is 6.92.